The fourth-order valence-corrected chi connectivity index (χ4v) is 3.56. The molecule has 0 bridgehead atoms. The maximum atomic E-state index is 5.77. The number of hydrogen-bond donors (Lipinski definition) is 1. The van der Waals surface area contributed by atoms with E-state index in [1.807, 2.05) is 0 Å². The fraction of sp³-hybridized carbons (Fsp3) is 1.00. The molecule has 4 heteroatoms. The van der Waals surface area contributed by atoms with E-state index in [4.69, 9.17) is 9.47 Å². The molecule has 0 radical (unpaired) electrons. The predicted octanol–water partition coefficient (Wildman–Crippen LogP) is 2.28. The zero-order valence-corrected chi connectivity index (χ0v) is 14.2. The molecule has 0 saturated carbocycles. The maximum Gasteiger partial charge on any atom is 0.0599 e. The van der Waals surface area contributed by atoms with Gasteiger partial charge in [0.25, 0.3) is 0 Å². The van der Waals surface area contributed by atoms with E-state index in [9.17, 15) is 0 Å². The van der Waals surface area contributed by atoms with Crippen LogP contribution in [-0.2, 0) is 9.47 Å². The van der Waals surface area contributed by atoms with E-state index in [2.05, 4.69) is 31.0 Å². The van der Waals surface area contributed by atoms with Crippen LogP contribution < -0.4 is 5.32 Å². The smallest absolute Gasteiger partial charge is 0.0599 e. The quantitative estimate of drug-likeness (QED) is 0.782. The molecule has 0 aromatic rings. The molecule has 1 N–H and O–H groups in total. The highest BCUT2D eigenvalue weighted by molar-refractivity contribution is 4.89. The van der Waals surface area contributed by atoms with E-state index in [-0.39, 0.29) is 0 Å². The molecule has 0 aromatic carbocycles. The zero-order chi connectivity index (χ0) is 15.1. The van der Waals surface area contributed by atoms with E-state index < -0.39 is 0 Å². The Labute approximate surface area is 130 Å². The molecule has 2 aliphatic heterocycles. The lowest BCUT2D eigenvalue weighted by Gasteiger charge is -2.43. The summed E-state index contributed by atoms with van der Waals surface area (Å²) in [5.41, 5.74) is 0.404. The van der Waals surface area contributed by atoms with Crippen LogP contribution in [0.1, 0.15) is 46.5 Å². The minimum atomic E-state index is 0.404. The van der Waals surface area contributed by atoms with Crippen LogP contribution in [0.4, 0.5) is 0 Å². The van der Waals surface area contributed by atoms with Crippen LogP contribution in [0.15, 0.2) is 0 Å². The first-order valence-corrected chi connectivity index (χ1v) is 8.79. The first-order valence-electron chi connectivity index (χ1n) is 8.79. The largest absolute Gasteiger partial charge is 0.381 e. The van der Waals surface area contributed by atoms with Crippen molar-refractivity contribution in [3.8, 4) is 0 Å². The van der Waals surface area contributed by atoms with Crippen LogP contribution in [0.25, 0.3) is 0 Å². The molecule has 124 valence electrons. The molecule has 2 rings (SSSR count). The summed E-state index contributed by atoms with van der Waals surface area (Å²) in [4.78, 5) is 2.66. The number of likely N-dealkylation sites (tertiary alicyclic amines) is 1. The van der Waals surface area contributed by atoms with Crippen molar-refractivity contribution in [2.24, 2.45) is 5.41 Å². The molecule has 2 saturated heterocycles. The SMILES string of the molecule is CCOC1CCN(CC2(CNC(C)C)CCOCC2)CC1. The minimum Gasteiger partial charge on any atom is -0.381 e. The molecule has 2 heterocycles. The molecule has 0 aliphatic carbocycles. The lowest BCUT2D eigenvalue weighted by atomic mass is 9.79. The molecule has 0 unspecified atom stereocenters. The Morgan fingerprint density at radius 2 is 1.90 bits per heavy atom. The number of nitrogens with zero attached hydrogens (tertiary/aromatic N) is 1. The third-order valence-electron chi connectivity index (χ3n) is 4.93. The summed E-state index contributed by atoms with van der Waals surface area (Å²) >= 11 is 0. The molecule has 0 aromatic heterocycles. The van der Waals surface area contributed by atoms with E-state index in [0.717, 1.165) is 26.4 Å². The third kappa shape index (κ3) is 5.51. The molecular weight excluding hydrogens is 264 g/mol. The first-order chi connectivity index (χ1) is 10.1. The summed E-state index contributed by atoms with van der Waals surface area (Å²) in [7, 11) is 0. The van der Waals surface area contributed by atoms with Crippen LogP contribution in [0.3, 0.4) is 0 Å². The second-order valence-corrected chi connectivity index (χ2v) is 7.08. The van der Waals surface area contributed by atoms with Crippen molar-refractivity contribution in [2.45, 2.75) is 58.6 Å². The van der Waals surface area contributed by atoms with Crippen molar-refractivity contribution in [1.29, 1.82) is 0 Å². The highest BCUT2D eigenvalue weighted by atomic mass is 16.5. The molecule has 0 amide bonds. The fourth-order valence-electron chi connectivity index (χ4n) is 3.56. The third-order valence-corrected chi connectivity index (χ3v) is 4.93. The van der Waals surface area contributed by atoms with Crippen molar-refractivity contribution >= 4 is 0 Å². The monoisotopic (exact) mass is 298 g/mol. The Morgan fingerprint density at radius 1 is 1.24 bits per heavy atom. The van der Waals surface area contributed by atoms with Gasteiger partial charge in [0.2, 0.25) is 0 Å². The highest BCUT2D eigenvalue weighted by Crippen LogP contribution is 2.32. The van der Waals surface area contributed by atoms with Gasteiger partial charge in [0.05, 0.1) is 6.10 Å². The molecular formula is C17H34N2O2. The zero-order valence-electron chi connectivity index (χ0n) is 14.2. The van der Waals surface area contributed by atoms with Gasteiger partial charge in [0.1, 0.15) is 0 Å². The normalized spacial score (nSPS) is 24.6. The van der Waals surface area contributed by atoms with Gasteiger partial charge in [-0.15, -0.1) is 0 Å². The van der Waals surface area contributed by atoms with Crippen LogP contribution in [-0.4, -0.2) is 63.0 Å². The van der Waals surface area contributed by atoms with Crippen molar-refractivity contribution in [2.75, 3.05) is 46.0 Å². The Balaban J connectivity index is 1.84. The lowest BCUT2D eigenvalue weighted by Crippen LogP contribution is -2.50. The van der Waals surface area contributed by atoms with Crippen molar-refractivity contribution in [3.63, 3.8) is 0 Å². The molecule has 4 nitrogen and oxygen atoms in total. The van der Waals surface area contributed by atoms with E-state index in [1.54, 1.807) is 0 Å². The van der Waals surface area contributed by atoms with Crippen molar-refractivity contribution < 1.29 is 9.47 Å². The van der Waals surface area contributed by atoms with Crippen molar-refractivity contribution in [1.82, 2.24) is 10.2 Å². The maximum absolute atomic E-state index is 5.77. The number of hydrogen-bond acceptors (Lipinski definition) is 4. The molecule has 0 spiro atoms. The second-order valence-electron chi connectivity index (χ2n) is 7.08. The van der Waals surface area contributed by atoms with Gasteiger partial charge in [-0.2, -0.15) is 0 Å². The van der Waals surface area contributed by atoms with Crippen LogP contribution in [0.2, 0.25) is 0 Å². The van der Waals surface area contributed by atoms with Crippen LogP contribution in [0.5, 0.6) is 0 Å². The van der Waals surface area contributed by atoms with E-state index in [0.29, 0.717) is 17.6 Å². The summed E-state index contributed by atoms with van der Waals surface area (Å²) < 4.78 is 11.4. The number of piperidine rings is 1. The van der Waals surface area contributed by atoms with Gasteiger partial charge in [0.15, 0.2) is 0 Å². The minimum absolute atomic E-state index is 0.404. The number of nitrogens with one attached hydrogen (secondary N) is 1. The average molecular weight is 298 g/mol. The molecule has 2 fully saturated rings. The Morgan fingerprint density at radius 3 is 2.48 bits per heavy atom. The molecule has 2 aliphatic rings. The van der Waals surface area contributed by atoms with Gasteiger partial charge in [-0.3, -0.25) is 0 Å². The van der Waals surface area contributed by atoms with Crippen LogP contribution in [0, 0.1) is 5.41 Å². The topological polar surface area (TPSA) is 33.7 Å². The summed E-state index contributed by atoms with van der Waals surface area (Å²) in [5.74, 6) is 0. The Bertz CT molecular complexity index is 283. The summed E-state index contributed by atoms with van der Waals surface area (Å²) in [6, 6.07) is 0.563. The van der Waals surface area contributed by atoms with Gasteiger partial charge in [-0.1, -0.05) is 13.8 Å². The first kappa shape index (κ1) is 17.2. The van der Waals surface area contributed by atoms with Gasteiger partial charge < -0.3 is 19.7 Å². The predicted molar refractivity (Wildman–Crippen MR) is 86.7 cm³/mol. The van der Waals surface area contributed by atoms with Gasteiger partial charge >= 0.3 is 0 Å². The Kier molecular flexibility index (Phi) is 6.93. The average Bonchev–Trinajstić information content (AvgIpc) is 2.49. The molecule has 0 atom stereocenters. The summed E-state index contributed by atoms with van der Waals surface area (Å²) in [6.07, 6.45) is 5.26. The summed E-state index contributed by atoms with van der Waals surface area (Å²) in [6.45, 7) is 14.0. The van der Waals surface area contributed by atoms with Crippen molar-refractivity contribution in [3.05, 3.63) is 0 Å². The lowest BCUT2D eigenvalue weighted by molar-refractivity contribution is -0.0274. The van der Waals surface area contributed by atoms with Gasteiger partial charge in [-0.25, -0.2) is 0 Å². The number of rotatable bonds is 7. The Hall–Kier alpha value is -0.160. The number of ether oxygens (including phenoxy) is 2. The summed E-state index contributed by atoms with van der Waals surface area (Å²) in [5, 5.41) is 3.67. The molecule has 21 heavy (non-hydrogen) atoms. The van der Waals surface area contributed by atoms with E-state index in [1.165, 1.54) is 45.3 Å². The standard InChI is InChI=1S/C17H34N2O2/c1-4-21-16-5-9-19(10-6-16)14-17(13-18-15(2)3)7-11-20-12-8-17/h15-16,18H,4-14H2,1-3H3. The van der Waals surface area contributed by atoms with Gasteiger partial charge in [0, 0.05) is 52.0 Å². The van der Waals surface area contributed by atoms with E-state index >= 15 is 0 Å². The highest BCUT2D eigenvalue weighted by Gasteiger charge is 2.35. The second kappa shape index (κ2) is 8.47. The van der Waals surface area contributed by atoms with Crippen LogP contribution >= 0.6 is 0 Å². The van der Waals surface area contributed by atoms with Gasteiger partial charge in [-0.05, 0) is 38.0 Å².